The normalized spacial score (nSPS) is 28.0. The first-order chi connectivity index (χ1) is 8.38. The third-order valence-corrected chi connectivity index (χ3v) is 4.54. The van der Waals surface area contributed by atoms with E-state index < -0.39 is 0 Å². The van der Waals surface area contributed by atoms with Crippen molar-refractivity contribution in [2.24, 2.45) is 5.41 Å². The van der Waals surface area contributed by atoms with Crippen LogP contribution in [-0.4, -0.2) is 63.2 Å². The molecule has 1 fully saturated rings. The molecule has 1 aliphatic rings. The van der Waals surface area contributed by atoms with Gasteiger partial charge in [-0.3, -0.25) is 0 Å². The second-order valence-electron chi connectivity index (χ2n) is 6.85. The highest BCUT2D eigenvalue weighted by atomic mass is 15.2. The van der Waals surface area contributed by atoms with Crippen molar-refractivity contribution in [3.8, 4) is 0 Å². The second-order valence-corrected chi connectivity index (χ2v) is 6.85. The van der Waals surface area contributed by atoms with Crippen LogP contribution in [0.15, 0.2) is 0 Å². The van der Waals surface area contributed by atoms with E-state index in [9.17, 15) is 0 Å². The molecule has 0 aromatic rings. The Labute approximate surface area is 114 Å². The van der Waals surface area contributed by atoms with Gasteiger partial charge in [-0.1, -0.05) is 20.3 Å². The van der Waals surface area contributed by atoms with Crippen LogP contribution >= 0.6 is 0 Å². The lowest BCUT2D eigenvalue weighted by Crippen LogP contribution is -2.57. The molecule has 2 unspecified atom stereocenters. The van der Waals surface area contributed by atoms with Crippen LogP contribution in [0.1, 0.15) is 39.5 Å². The molecule has 0 aliphatic heterocycles. The average Bonchev–Trinajstić information content (AvgIpc) is 2.26. The van der Waals surface area contributed by atoms with Crippen molar-refractivity contribution in [2.45, 2.75) is 51.6 Å². The van der Waals surface area contributed by atoms with Gasteiger partial charge in [-0.2, -0.15) is 0 Å². The van der Waals surface area contributed by atoms with Gasteiger partial charge in [0.25, 0.3) is 0 Å². The number of hydrogen-bond donors (Lipinski definition) is 1. The number of hydrogen-bond acceptors (Lipinski definition) is 3. The summed E-state index contributed by atoms with van der Waals surface area (Å²) in [6.45, 7) is 7.21. The molecular formula is C15H33N3. The highest BCUT2D eigenvalue weighted by Crippen LogP contribution is 2.37. The van der Waals surface area contributed by atoms with Crippen LogP contribution in [0.5, 0.6) is 0 Å². The minimum atomic E-state index is 0.424. The number of nitrogens with one attached hydrogen (secondary N) is 1. The Bertz CT molecular complexity index is 238. The topological polar surface area (TPSA) is 18.5 Å². The van der Waals surface area contributed by atoms with Crippen LogP contribution in [-0.2, 0) is 0 Å². The molecule has 2 atom stereocenters. The second kappa shape index (κ2) is 6.88. The first kappa shape index (κ1) is 15.9. The highest BCUT2D eigenvalue weighted by molar-refractivity contribution is 4.96. The highest BCUT2D eigenvalue weighted by Gasteiger charge is 2.39. The monoisotopic (exact) mass is 255 g/mol. The van der Waals surface area contributed by atoms with Crippen LogP contribution < -0.4 is 5.32 Å². The lowest BCUT2D eigenvalue weighted by atomic mass is 9.70. The van der Waals surface area contributed by atoms with E-state index in [1.807, 2.05) is 0 Å². The van der Waals surface area contributed by atoms with Gasteiger partial charge < -0.3 is 15.1 Å². The molecular weight excluding hydrogens is 222 g/mol. The van der Waals surface area contributed by atoms with Gasteiger partial charge in [0, 0.05) is 12.1 Å². The zero-order chi connectivity index (χ0) is 13.8. The Morgan fingerprint density at radius 2 is 1.83 bits per heavy atom. The molecule has 18 heavy (non-hydrogen) atoms. The summed E-state index contributed by atoms with van der Waals surface area (Å²) in [6.07, 6.45) is 5.32. The molecule has 0 heterocycles. The summed E-state index contributed by atoms with van der Waals surface area (Å²) in [6, 6.07) is 1.32. The Balaban J connectivity index is 2.51. The molecule has 1 saturated carbocycles. The van der Waals surface area contributed by atoms with Gasteiger partial charge in [0.15, 0.2) is 0 Å². The largest absolute Gasteiger partial charge is 0.315 e. The van der Waals surface area contributed by atoms with Gasteiger partial charge in [-0.05, 0) is 66.0 Å². The third-order valence-electron chi connectivity index (χ3n) is 4.54. The van der Waals surface area contributed by atoms with Crippen LogP contribution in [0.25, 0.3) is 0 Å². The SMILES string of the molecule is CNC1C(N(C)CCCN(C)C)CCCC1(C)C. The predicted octanol–water partition coefficient (Wildman–Crippen LogP) is 2.04. The van der Waals surface area contributed by atoms with Gasteiger partial charge >= 0.3 is 0 Å². The van der Waals surface area contributed by atoms with Gasteiger partial charge in [-0.25, -0.2) is 0 Å². The molecule has 1 rings (SSSR count). The van der Waals surface area contributed by atoms with Crippen molar-refractivity contribution in [3.63, 3.8) is 0 Å². The van der Waals surface area contributed by atoms with E-state index in [0.717, 1.165) is 0 Å². The average molecular weight is 255 g/mol. The van der Waals surface area contributed by atoms with Gasteiger partial charge in [0.05, 0.1) is 0 Å². The third kappa shape index (κ3) is 4.22. The molecule has 1 aliphatic carbocycles. The van der Waals surface area contributed by atoms with E-state index in [-0.39, 0.29) is 0 Å². The maximum atomic E-state index is 3.57. The molecule has 0 bridgehead atoms. The number of likely N-dealkylation sites (N-methyl/N-ethyl adjacent to an activating group) is 2. The lowest BCUT2D eigenvalue weighted by Gasteiger charge is -2.47. The fourth-order valence-corrected chi connectivity index (χ4v) is 3.47. The van der Waals surface area contributed by atoms with Crippen LogP contribution in [0.4, 0.5) is 0 Å². The minimum Gasteiger partial charge on any atom is -0.315 e. The summed E-state index contributed by atoms with van der Waals surface area (Å²) in [5, 5.41) is 3.57. The molecule has 1 N–H and O–H groups in total. The molecule has 0 radical (unpaired) electrons. The lowest BCUT2D eigenvalue weighted by molar-refractivity contribution is 0.0656. The van der Waals surface area contributed by atoms with Crippen molar-refractivity contribution in [3.05, 3.63) is 0 Å². The van der Waals surface area contributed by atoms with Gasteiger partial charge in [0.2, 0.25) is 0 Å². The van der Waals surface area contributed by atoms with Crippen molar-refractivity contribution in [2.75, 3.05) is 41.3 Å². The molecule has 3 nitrogen and oxygen atoms in total. The Morgan fingerprint density at radius 1 is 1.17 bits per heavy atom. The molecule has 0 aromatic heterocycles. The van der Waals surface area contributed by atoms with E-state index >= 15 is 0 Å². The summed E-state index contributed by atoms with van der Waals surface area (Å²) in [4.78, 5) is 4.85. The van der Waals surface area contributed by atoms with E-state index in [4.69, 9.17) is 0 Å². The minimum absolute atomic E-state index is 0.424. The molecule has 0 amide bonds. The van der Waals surface area contributed by atoms with Gasteiger partial charge in [0.1, 0.15) is 0 Å². The summed E-state index contributed by atoms with van der Waals surface area (Å²) >= 11 is 0. The quantitative estimate of drug-likeness (QED) is 0.783. The van der Waals surface area contributed by atoms with Crippen LogP contribution in [0.2, 0.25) is 0 Å². The smallest absolute Gasteiger partial charge is 0.0271 e. The van der Waals surface area contributed by atoms with Crippen molar-refractivity contribution in [1.29, 1.82) is 0 Å². The standard InChI is InChI=1S/C15H33N3/c1-15(2)10-7-9-13(14(15)16-3)18(6)12-8-11-17(4)5/h13-14,16H,7-12H2,1-6H3. The number of rotatable bonds is 6. The number of nitrogens with zero attached hydrogens (tertiary/aromatic N) is 2. The first-order valence-corrected chi connectivity index (χ1v) is 7.40. The molecule has 0 aromatic carbocycles. The Hall–Kier alpha value is -0.120. The maximum absolute atomic E-state index is 3.57. The van der Waals surface area contributed by atoms with Gasteiger partial charge in [-0.15, -0.1) is 0 Å². The fraction of sp³-hybridized carbons (Fsp3) is 1.00. The van der Waals surface area contributed by atoms with Crippen molar-refractivity contribution < 1.29 is 0 Å². The molecule has 0 spiro atoms. The summed E-state index contributed by atoms with van der Waals surface area (Å²) in [5.41, 5.74) is 0.424. The predicted molar refractivity (Wildman–Crippen MR) is 80.1 cm³/mol. The fourth-order valence-electron chi connectivity index (χ4n) is 3.47. The molecule has 3 heteroatoms. The van der Waals surface area contributed by atoms with E-state index in [0.29, 0.717) is 17.5 Å². The molecule has 108 valence electrons. The Kier molecular flexibility index (Phi) is 6.09. The van der Waals surface area contributed by atoms with Crippen molar-refractivity contribution in [1.82, 2.24) is 15.1 Å². The summed E-state index contributed by atoms with van der Waals surface area (Å²) in [5.74, 6) is 0. The zero-order valence-corrected chi connectivity index (χ0v) is 13.3. The maximum Gasteiger partial charge on any atom is 0.0271 e. The van der Waals surface area contributed by atoms with Crippen molar-refractivity contribution >= 4 is 0 Å². The Morgan fingerprint density at radius 3 is 2.39 bits per heavy atom. The molecule has 0 saturated heterocycles. The van der Waals surface area contributed by atoms with E-state index in [2.05, 4.69) is 57.2 Å². The summed E-state index contributed by atoms with van der Waals surface area (Å²) < 4.78 is 0. The zero-order valence-electron chi connectivity index (χ0n) is 13.3. The summed E-state index contributed by atoms with van der Waals surface area (Å²) in [7, 11) is 8.73. The van der Waals surface area contributed by atoms with E-state index in [1.54, 1.807) is 0 Å². The van der Waals surface area contributed by atoms with Crippen LogP contribution in [0, 0.1) is 5.41 Å². The van der Waals surface area contributed by atoms with E-state index in [1.165, 1.54) is 38.8 Å². The van der Waals surface area contributed by atoms with Crippen LogP contribution in [0.3, 0.4) is 0 Å². The first-order valence-electron chi connectivity index (χ1n) is 7.40.